The number of carbonyl (C=O) groups is 1. The van der Waals surface area contributed by atoms with Gasteiger partial charge >= 0.3 is 5.97 Å². The molecule has 0 aliphatic carbocycles. The maximum Gasteiger partial charge on any atom is 0.333 e. The second kappa shape index (κ2) is 6.40. The third kappa shape index (κ3) is 5.17. The highest BCUT2D eigenvalue weighted by Crippen LogP contribution is 2.04. The van der Waals surface area contributed by atoms with E-state index >= 15 is 0 Å². The van der Waals surface area contributed by atoms with Crippen molar-refractivity contribution in [3.05, 3.63) is 12.2 Å². The number of esters is 1. The monoisotopic (exact) mass is 183 g/mol. The highest BCUT2D eigenvalue weighted by atomic mass is 16.5. The highest BCUT2D eigenvalue weighted by molar-refractivity contribution is 5.96. The zero-order valence-corrected chi connectivity index (χ0v) is 8.35. The summed E-state index contributed by atoms with van der Waals surface area (Å²) in [6.45, 7) is 7.82. The molecule has 0 aromatic heterocycles. The molecule has 0 aliphatic rings. The minimum Gasteiger partial charge on any atom is -0.462 e. The molecule has 0 bridgehead atoms. The molecule has 3 heteroatoms. The maximum atomic E-state index is 11.1. The summed E-state index contributed by atoms with van der Waals surface area (Å²) in [6.07, 6.45) is 1.80. The summed E-state index contributed by atoms with van der Waals surface area (Å²) in [6, 6.07) is 0. The van der Waals surface area contributed by atoms with Crippen LogP contribution in [-0.4, -0.2) is 18.3 Å². The smallest absolute Gasteiger partial charge is 0.333 e. The van der Waals surface area contributed by atoms with Crippen LogP contribution in [0.3, 0.4) is 0 Å². The molecule has 0 spiro atoms. The molecule has 0 saturated carbocycles. The van der Waals surface area contributed by atoms with Gasteiger partial charge in [-0.05, 0) is 12.8 Å². The largest absolute Gasteiger partial charge is 0.462 e. The van der Waals surface area contributed by atoms with Gasteiger partial charge in [-0.15, -0.1) is 0 Å². The Morgan fingerprint density at radius 2 is 2.08 bits per heavy atom. The van der Waals surface area contributed by atoms with Gasteiger partial charge in [-0.25, -0.2) is 4.79 Å². The minimum atomic E-state index is -0.375. The van der Waals surface area contributed by atoms with E-state index in [4.69, 9.17) is 10.1 Å². The van der Waals surface area contributed by atoms with E-state index in [1.807, 2.05) is 13.8 Å². The first-order valence-electron chi connectivity index (χ1n) is 4.53. The van der Waals surface area contributed by atoms with Crippen LogP contribution in [0.1, 0.15) is 33.1 Å². The first-order valence-corrected chi connectivity index (χ1v) is 4.53. The molecule has 0 fully saturated rings. The summed E-state index contributed by atoms with van der Waals surface area (Å²) < 4.78 is 4.86. The maximum absolute atomic E-state index is 11.1. The third-order valence-corrected chi connectivity index (χ3v) is 1.58. The Morgan fingerprint density at radius 1 is 1.46 bits per heavy atom. The van der Waals surface area contributed by atoms with Crippen molar-refractivity contribution in [2.45, 2.75) is 33.1 Å². The summed E-state index contributed by atoms with van der Waals surface area (Å²) in [5.41, 5.74) is 0.888. The van der Waals surface area contributed by atoms with E-state index in [1.54, 1.807) is 0 Å². The Bertz CT molecular complexity index is 209. The van der Waals surface area contributed by atoms with Gasteiger partial charge < -0.3 is 10.1 Å². The number of hydrogen-bond donors (Lipinski definition) is 1. The van der Waals surface area contributed by atoms with Gasteiger partial charge in [-0.1, -0.05) is 20.4 Å². The van der Waals surface area contributed by atoms with E-state index in [9.17, 15) is 4.79 Å². The standard InChI is InChI=1S/C10H17NO2/c1-4-6-13-10(12)8(3)7-9(11)5-2/h11H,3-7H2,1-2H3. The molecule has 0 amide bonds. The fraction of sp³-hybridized carbons (Fsp3) is 0.600. The third-order valence-electron chi connectivity index (χ3n) is 1.58. The van der Waals surface area contributed by atoms with Crippen LogP contribution in [-0.2, 0) is 9.53 Å². The van der Waals surface area contributed by atoms with Crippen molar-refractivity contribution in [2.75, 3.05) is 6.61 Å². The Morgan fingerprint density at radius 3 is 2.54 bits per heavy atom. The van der Waals surface area contributed by atoms with E-state index in [1.165, 1.54) is 0 Å². The van der Waals surface area contributed by atoms with E-state index in [2.05, 4.69) is 6.58 Å². The molecule has 0 aromatic rings. The summed E-state index contributed by atoms with van der Waals surface area (Å²) in [7, 11) is 0. The number of hydrogen-bond acceptors (Lipinski definition) is 3. The van der Waals surface area contributed by atoms with Gasteiger partial charge in [0.2, 0.25) is 0 Å². The molecule has 0 aromatic carbocycles. The topological polar surface area (TPSA) is 50.2 Å². The van der Waals surface area contributed by atoms with Crippen LogP contribution in [0.25, 0.3) is 0 Å². The van der Waals surface area contributed by atoms with E-state index in [0.717, 1.165) is 6.42 Å². The number of nitrogens with one attached hydrogen (secondary N) is 1. The fourth-order valence-corrected chi connectivity index (χ4v) is 0.752. The highest BCUT2D eigenvalue weighted by Gasteiger charge is 2.09. The molecule has 0 saturated heterocycles. The Hall–Kier alpha value is -1.12. The van der Waals surface area contributed by atoms with Gasteiger partial charge in [0.25, 0.3) is 0 Å². The van der Waals surface area contributed by atoms with Crippen molar-refractivity contribution >= 4 is 11.7 Å². The molecular weight excluding hydrogens is 166 g/mol. The molecule has 74 valence electrons. The van der Waals surface area contributed by atoms with Crippen molar-refractivity contribution in [3.8, 4) is 0 Å². The Balaban J connectivity index is 3.83. The normalized spacial score (nSPS) is 9.38. The number of ether oxygens (including phenoxy) is 1. The van der Waals surface area contributed by atoms with E-state index in [-0.39, 0.29) is 5.97 Å². The molecule has 0 unspecified atom stereocenters. The lowest BCUT2D eigenvalue weighted by Crippen LogP contribution is -2.10. The van der Waals surface area contributed by atoms with E-state index in [0.29, 0.717) is 30.7 Å². The van der Waals surface area contributed by atoms with Gasteiger partial charge in [0, 0.05) is 17.7 Å². The Kier molecular flexibility index (Phi) is 5.85. The molecule has 3 nitrogen and oxygen atoms in total. The van der Waals surface area contributed by atoms with Crippen LogP contribution in [0.15, 0.2) is 12.2 Å². The van der Waals surface area contributed by atoms with Crippen molar-refractivity contribution < 1.29 is 9.53 Å². The molecular formula is C10H17NO2. The lowest BCUT2D eigenvalue weighted by atomic mass is 10.1. The molecule has 0 heterocycles. The molecule has 13 heavy (non-hydrogen) atoms. The second-order valence-corrected chi connectivity index (χ2v) is 2.87. The van der Waals surface area contributed by atoms with Gasteiger partial charge in [0.05, 0.1) is 6.61 Å². The molecule has 0 rings (SSSR count). The summed E-state index contributed by atoms with van der Waals surface area (Å²) >= 11 is 0. The lowest BCUT2D eigenvalue weighted by molar-refractivity contribution is -0.139. The van der Waals surface area contributed by atoms with Crippen LogP contribution in [0.5, 0.6) is 0 Å². The molecule has 0 aliphatic heterocycles. The average Bonchev–Trinajstić information content (AvgIpc) is 2.13. The van der Waals surface area contributed by atoms with Crippen LogP contribution in [0.2, 0.25) is 0 Å². The van der Waals surface area contributed by atoms with Gasteiger partial charge in [-0.2, -0.15) is 0 Å². The average molecular weight is 183 g/mol. The first kappa shape index (κ1) is 11.9. The van der Waals surface area contributed by atoms with Crippen LogP contribution in [0.4, 0.5) is 0 Å². The zero-order valence-electron chi connectivity index (χ0n) is 8.35. The van der Waals surface area contributed by atoms with Crippen molar-refractivity contribution in [1.29, 1.82) is 5.41 Å². The quantitative estimate of drug-likeness (QED) is 0.390. The Labute approximate surface area is 79.3 Å². The predicted octanol–water partition coefficient (Wildman–Crippen LogP) is 2.32. The fourth-order valence-electron chi connectivity index (χ4n) is 0.752. The summed E-state index contributed by atoms with van der Waals surface area (Å²) in [5.74, 6) is -0.375. The SMILES string of the molecule is C=C(CC(=N)CC)C(=O)OCCC. The first-order chi connectivity index (χ1) is 6.11. The van der Waals surface area contributed by atoms with E-state index < -0.39 is 0 Å². The van der Waals surface area contributed by atoms with Crippen molar-refractivity contribution in [2.24, 2.45) is 0 Å². The van der Waals surface area contributed by atoms with Crippen LogP contribution >= 0.6 is 0 Å². The summed E-state index contributed by atoms with van der Waals surface area (Å²) in [5, 5.41) is 7.37. The zero-order chi connectivity index (χ0) is 10.3. The second-order valence-electron chi connectivity index (χ2n) is 2.87. The van der Waals surface area contributed by atoms with Gasteiger partial charge in [0.15, 0.2) is 0 Å². The predicted molar refractivity (Wildman–Crippen MR) is 53.0 cm³/mol. The molecule has 0 radical (unpaired) electrons. The number of carbonyl (C=O) groups excluding carboxylic acids is 1. The van der Waals surface area contributed by atoms with Crippen LogP contribution in [0, 0.1) is 5.41 Å². The number of rotatable bonds is 6. The van der Waals surface area contributed by atoms with Crippen LogP contribution < -0.4 is 0 Å². The lowest BCUT2D eigenvalue weighted by Gasteiger charge is -2.05. The molecule has 0 atom stereocenters. The minimum absolute atomic E-state index is 0.332. The summed E-state index contributed by atoms with van der Waals surface area (Å²) in [4.78, 5) is 11.1. The van der Waals surface area contributed by atoms with Gasteiger partial charge in [0.1, 0.15) is 0 Å². The van der Waals surface area contributed by atoms with Gasteiger partial charge in [-0.3, -0.25) is 0 Å². The molecule has 1 N–H and O–H groups in total. The van der Waals surface area contributed by atoms with Crippen molar-refractivity contribution in [1.82, 2.24) is 0 Å². The van der Waals surface area contributed by atoms with Crippen molar-refractivity contribution in [3.63, 3.8) is 0 Å².